The Labute approximate surface area is 64.0 Å². The smallest absolute Gasteiger partial charge is 0.303 e. The number of carbonyl (C=O) groups excluding carboxylic acids is 1. The molecular formula is C5H9NO3S. The number of hydrogen-bond donors (Lipinski definition) is 3. The van der Waals surface area contributed by atoms with Crippen LogP contribution in [0.4, 0.5) is 4.79 Å². The predicted octanol–water partition coefficient (Wildman–Crippen LogP) is 0.491. The summed E-state index contributed by atoms with van der Waals surface area (Å²) in [6.07, 6.45) is 0.524. The van der Waals surface area contributed by atoms with Crippen LogP contribution in [-0.4, -0.2) is 22.9 Å². The van der Waals surface area contributed by atoms with Crippen molar-refractivity contribution in [1.29, 1.82) is 0 Å². The number of nitrogens with one attached hydrogen (secondary N) is 1. The SMILES string of the molecule is O=C(O)CCCNC(=O)S. The maximum absolute atomic E-state index is 10.1. The van der Waals surface area contributed by atoms with Gasteiger partial charge in [-0.3, -0.25) is 9.59 Å². The summed E-state index contributed by atoms with van der Waals surface area (Å²) in [6.45, 7) is 0.370. The number of carbonyl (C=O) groups is 2. The van der Waals surface area contributed by atoms with Gasteiger partial charge < -0.3 is 10.4 Å². The monoisotopic (exact) mass is 163 g/mol. The molecule has 0 spiro atoms. The fourth-order valence-electron chi connectivity index (χ4n) is 0.435. The molecule has 0 heterocycles. The van der Waals surface area contributed by atoms with Gasteiger partial charge in [0.1, 0.15) is 0 Å². The van der Waals surface area contributed by atoms with E-state index in [0.717, 1.165) is 0 Å². The lowest BCUT2D eigenvalue weighted by molar-refractivity contribution is -0.137. The summed E-state index contributed by atoms with van der Waals surface area (Å²) in [7, 11) is 0. The Kier molecular flexibility index (Phi) is 4.74. The average molecular weight is 163 g/mol. The third kappa shape index (κ3) is 7.29. The summed E-state index contributed by atoms with van der Waals surface area (Å²) in [5, 5.41) is 10.1. The van der Waals surface area contributed by atoms with Crippen molar-refractivity contribution in [2.45, 2.75) is 12.8 Å². The lowest BCUT2D eigenvalue weighted by atomic mass is 10.3. The van der Waals surface area contributed by atoms with E-state index in [9.17, 15) is 9.59 Å². The molecule has 0 saturated carbocycles. The summed E-state index contributed by atoms with van der Waals surface area (Å²) >= 11 is 3.43. The zero-order valence-corrected chi connectivity index (χ0v) is 6.23. The first-order chi connectivity index (χ1) is 4.63. The minimum atomic E-state index is -0.853. The summed E-state index contributed by atoms with van der Waals surface area (Å²) in [5.41, 5.74) is 0. The highest BCUT2D eigenvalue weighted by Crippen LogP contribution is 1.86. The van der Waals surface area contributed by atoms with Gasteiger partial charge in [-0.25, -0.2) is 0 Å². The van der Waals surface area contributed by atoms with Crippen molar-refractivity contribution in [3.8, 4) is 0 Å². The molecular weight excluding hydrogens is 154 g/mol. The average Bonchev–Trinajstić information content (AvgIpc) is 1.79. The van der Waals surface area contributed by atoms with Crippen LogP contribution < -0.4 is 5.32 Å². The van der Waals surface area contributed by atoms with E-state index < -0.39 is 11.2 Å². The molecule has 0 aromatic rings. The molecule has 0 atom stereocenters. The Bertz CT molecular complexity index is 121. The highest BCUT2D eigenvalue weighted by atomic mass is 32.1. The van der Waals surface area contributed by atoms with Gasteiger partial charge in [0.05, 0.1) is 0 Å². The van der Waals surface area contributed by atoms with Crippen LogP contribution in [0.5, 0.6) is 0 Å². The highest BCUT2D eigenvalue weighted by molar-refractivity contribution is 7.96. The quantitative estimate of drug-likeness (QED) is 0.417. The van der Waals surface area contributed by atoms with Gasteiger partial charge in [-0.1, -0.05) is 12.6 Å². The van der Waals surface area contributed by atoms with Gasteiger partial charge in [0, 0.05) is 13.0 Å². The van der Waals surface area contributed by atoms with Gasteiger partial charge in [0.15, 0.2) is 0 Å². The van der Waals surface area contributed by atoms with Crippen LogP contribution >= 0.6 is 12.6 Å². The van der Waals surface area contributed by atoms with E-state index in [1.165, 1.54) is 0 Å². The highest BCUT2D eigenvalue weighted by Gasteiger charge is 1.96. The van der Waals surface area contributed by atoms with Crippen LogP contribution in [0.25, 0.3) is 0 Å². The summed E-state index contributed by atoms with van der Waals surface area (Å²) < 4.78 is 0. The molecule has 0 aliphatic rings. The van der Waals surface area contributed by atoms with E-state index in [4.69, 9.17) is 5.11 Å². The number of rotatable bonds is 4. The van der Waals surface area contributed by atoms with Crippen LogP contribution in [-0.2, 0) is 4.79 Å². The topological polar surface area (TPSA) is 66.4 Å². The van der Waals surface area contributed by atoms with E-state index in [1.54, 1.807) is 0 Å². The Balaban J connectivity index is 3.06. The third-order valence-corrected chi connectivity index (χ3v) is 1.00. The molecule has 1 amide bonds. The standard InChI is InChI=1S/C5H9NO3S/c7-4(8)2-1-3-6-5(9)10/h1-3H2,(H,7,8)(H2,6,9,10). The van der Waals surface area contributed by atoms with Crippen molar-refractivity contribution in [2.24, 2.45) is 0 Å². The molecule has 5 heteroatoms. The van der Waals surface area contributed by atoms with Gasteiger partial charge in [0.25, 0.3) is 5.24 Å². The maximum atomic E-state index is 10.1. The molecule has 0 aliphatic carbocycles. The molecule has 4 nitrogen and oxygen atoms in total. The number of aliphatic carboxylic acids is 1. The molecule has 0 bridgehead atoms. The first kappa shape index (κ1) is 9.29. The second-order valence-electron chi connectivity index (χ2n) is 1.73. The van der Waals surface area contributed by atoms with Crippen LogP contribution in [0.1, 0.15) is 12.8 Å². The minimum absolute atomic E-state index is 0.0774. The Morgan fingerprint density at radius 2 is 2.10 bits per heavy atom. The van der Waals surface area contributed by atoms with Crippen molar-refractivity contribution >= 4 is 23.8 Å². The van der Waals surface area contributed by atoms with Gasteiger partial charge in [-0.2, -0.15) is 0 Å². The zero-order chi connectivity index (χ0) is 7.98. The lowest BCUT2D eigenvalue weighted by Gasteiger charge is -1.96. The lowest BCUT2D eigenvalue weighted by Crippen LogP contribution is -2.18. The number of carboxylic acid groups (broad SMARTS) is 1. The molecule has 0 aliphatic heterocycles. The second-order valence-corrected chi connectivity index (χ2v) is 2.14. The Morgan fingerprint density at radius 3 is 2.50 bits per heavy atom. The summed E-state index contributed by atoms with van der Waals surface area (Å²) in [5.74, 6) is -0.853. The molecule has 0 aromatic carbocycles. The molecule has 0 aromatic heterocycles. The molecule has 0 rings (SSSR count). The zero-order valence-electron chi connectivity index (χ0n) is 5.33. The van der Waals surface area contributed by atoms with Crippen LogP contribution in [0, 0.1) is 0 Å². The summed E-state index contributed by atoms with van der Waals surface area (Å²) in [4.78, 5) is 20.0. The van der Waals surface area contributed by atoms with Crippen LogP contribution in [0.15, 0.2) is 0 Å². The van der Waals surface area contributed by atoms with Crippen molar-refractivity contribution in [3.05, 3.63) is 0 Å². The molecule has 10 heavy (non-hydrogen) atoms. The number of hydrogen-bond acceptors (Lipinski definition) is 2. The third-order valence-electron chi connectivity index (χ3n) is 0.844. The molecule has 0 unspecified atom stereocenters. The van der Waals surface area contributed by atoms with E-state index in [2.05, 4.69) is 17.9 Å². The van der Waals surface area contributed by atoms with Gasteiger partial charge in [-0.15, -0.1) is 0 Å². The number of amides is 1. The number of carboxylic acids is 1. The molecule has 58 valence electrons. The van der Waals surface area contributed by atoms with Crippen LogP contribution in [0.2, 0.25) is 0 Å². The first-order valence-corrected chi connectivity index (χ1v) is 3.26. The predicted molar refractivity (Wildman–Crippen MR) is 39.3 cm³/mol. The molecule has 0 saturated heterocycles. The van der Waals surface area contributed by atoms with Gasteiger partial charge in [0.2, 0.25) is 0 Å². The van der Waals surface area contributed by atoms with Crippen molar-refractivity contribution in [2.75, 3.05) is 6.54 Å². The van der Waals surface area contributed by atoms with E-state index in [0.29, 0.717) is 13.0 Å². The largest absolute Gasteiger partial charge is 0.481 e. The van der Waals surface area contributed by atoms with Crippen molar-refractivity contribution in [1.82, 2.24) is 5.32 Å². The normalized spacial score (nSPS) is 8.90. The Hall–Kier alpha value is -0.710. The second kappa shape index (κ2) is 5.10. The maximum Gasteiger partial charge on any atom is 0.303 e. The van der Waals surface area contributed by atoms with Crippen molar-refractivity contribution in [3.63, 3.8) is 0 Å². The first-order valence-electron chi connectivity index (χ1n) is 2.81. The van der Waals surface area contributed by atoms with Crippen molar-refractivity contribution < 1.29 is 14.7 Å². The fourth-order valence-corrected chi connectivity index (χ4v) is 0.547. The van der Waals surface area contributed by atoms with E-state index in [1.807, 2.05) is 0 Å². The van der Waals surface area contributed by atoms with Gasteiger partial charge in [-0.05, 0) is 6.42 Å². The molecule has 0 fully saturated rings. The summed E-state index contributed by atoms with van der Waals surface area (Å²) in [6, 6.07) is 0. The van der Waals surface area contributed by atoms with E-state index >= 15 is 0 Å². The fraction of sp³-hybridized carbons (Fsp3) is 0.600. The van der Waals surface area contributed by atoms with Crippen LogP contribution in [0.3, 0.4) is 0 Å². The Morgan fingerprint density at radius 1 is 1.50 bits per heavy atom. The van der Waals surface area contributed by atoms with E-state index in [-0.39, 0.29) is 6.42 Å². The van der Waals surface area contributed by atoms with Gasteiger partial charge >= 0.3 is 5.97 Å². The molecule has 0 radical (unpaired) electrons. The minimum Gasteiger partial charge on any atom is -0.481 e. The number of thiol groups is 1. The molecule has 2 N–H and O–H groups in total.